The summed E-state index contributed by atoms with van der Waals surface area (Å²) in [5.41, 5.74) is 0.291. The molecule has 0 saturated heterocycles. The first-order valence-corrected chi connectivity index (χ1v) is 7.65. The number of hydrogen-bond donors (Lipinski definition) is 2. The molecule has 26 heavy (non-hydrogen) atoms. The summed E-state index contributed by atoms with van der Waals surface area (Å²) in [4.78, 5) is 24.6. The molecule has 0 unspecified atom stereocenters. The van der Waals surface area contributed by atoms with Crippen LogP contribution in [0.25, 0.3) is 16.7 Å². The van der Waals surface area contributed by atoms with Gasteiger partial charge in [0.15, 0.2) is 5.82 Å². The van der Waals surface area contributed by atoms with Crippen molar-refractivity contribution in [2.75, 3.05) is 12.4 Å². The minimum atomic E-state index is -0.428. The number of H-pyrrole nitrogens is 1. The Morgan fingerprint density at radius 1 is 1.15 bits per heavy atom. The maximum Gasteiger partial charge on any atom is 0.273 e. The normalized spacial score (nSPS) is 10.8. The van der Waals surface area contributed by atoms with Gasteiger partial charge in [-0.3, -0.25) is 9.89 Å². The molecule has 8 nitrogen and oxygen atoms in total. The van der Waals surface area contributed by atoms with Gasteiger partial charge in [0.05, 0.1) is 24.2 Å². The van der Waals surface area contributed by atoms with Crippen LogP contribution in [0.2, 0.25) is 0 Å². The molecule has 4 rings (SSSR count). The second-order valence-corrected chi connectivity index (χ2v) is 5.39. The Kier molecular flexibility index (Phi) is 3.81. The summed E-state index contributed by atoms with van der Waals surface area (Å²) in [7, 11) is 1.52. The lowest BCUT2D eigenvalue weighted by Gasteiger charge is -2.07. The summed E-state index contributed by atoms with van der Waals surface area (Å²) in [5.74, 6) is 1.37. The molecule has 0 aliphatic rings. The van der Waals surface area contributed by atoms with Crippen LogP contribution >= 0.6 is 0 Å². The number of ether oxygens (including phenoxy) is 1. The molecule has 130 valence electrons. The first-order chi connectivity index (χ1) is 12.6. The smallest absolute Gasteiger partial charge is 0.273 e. The highest BCUT2D eigenvalue weighted by Crippen LogP contribution is 2.20. The van der Waals surface area contributed by atoms with E-state index in [9.17, 15) is 9.18 Å². The van der Waals surface area contributed by atoms with Crippen molar-refractivity contribution in [1.29, 1.82) is 0 Å². The first-order valence-electron chi connectivity index (χ1n) is 7.65. The molecule has 0 aromatic carbocycles. The van der Waals surface area contributed by atoms with Crippen LogP contribution in [0.3, 0.4) is 0 Å². The molecule has 0 aliphatic heterocycles. The van der Waals surface area contributed by atoms with Gasteiger partial charge in [0.25, 0.3) is 5.56 Å². The topological polar surface area (TPSA) is 97.7 Å². The number of methoxy groups -OCH3 is 1. The SMILES string of the molecule is COc1cccc(-n2[nH]c(=O)c3cnc(Nc4ccc(F)cn4)cc32)n1. The number of halogens is 1. The van der Waals surface area contributed by atoms with E-state index in [1.165, 1.54) is 25.4 Å². The number of fused-ring (bicyclic) bond motifs is 1. The third-order valence-corrected chi connectivity index (χ3v) is 3.71. The monoisotopic (exact) mass is 352 g/mol. The van der Waals surface area contributed by atoms with Crippen molar-refractivity contribution in [2.45, 2.75) is 0 Å². The third kappa shape index (κ3) is 2.86. The molecule has 4 aromatic rings. The van der Waals surface area contributed by atoms with Gasteiger partial charge in [-0.1, -0.05) is 6.07 Å². The second kappa shape index (κ2) is 6.28. The third-order valence-electron chi connectivity index (χ3n) is 3.71. The summed E-state index contributed by atoms with van der Waals surface area (Å²) < 4.78 is 19.6. The molecule has 0 atom stereocenters. The standard InChI is InChI=1S/C17H13FN6O2/c1-26-16-4-2-3-15(22-16)24-12-7-14(20-9-11(12)17(25)23-24)21-13-6-5-10(18)8-19-13/h2-9H,1H3,(H,23,25)(H,19,20,21). The molecule has 0 fully saturated rings. The van der Waals surface area contributed by atoms with Crippen LogP contribution in [0.1, 0.15) is 0 Å². The van der Waals surface area contributed by atoms with E-state index >= 15 is 0 Å². The van der Waals surface area contributed by atoms with E-state index in [0.29, 0.717) is 34.2 Å². The fraction of sp³-hybridized carbons (Fsp3) is 0.0588. The van der Waals surface area contributed by atoms with Gasteiger partial charge >= 0.3 is 0 Å². The molecule has 9 heteroatoms. The van der Waals surface area contributed by atoms with Crippen molar-refractivity contribution in [2.24, 2.45) is 0 Å². The maximum absolute atomic E-state index is 13.0. The summed E-state index contributed by atoms with van der Waals surface area (Å²) in [5, 5.41) is 6.11. The Balaban J connectivity index is 1.79. The molecule has 0 saturated carbocycles. The van der Waals surface area contributed by atoms with Crippen molar-refractivity contribution >= 4 is 22.5 Å². The maximum atomic E-state index is 13.0. The molecule has 0 amide bonds. The van der Waals surface area contributed by atoms with E-state index in [0.717, 1.165) is 6.20 Å². The summed E-state index contributed by atoms with van der Waals surface area (Å²) in [6, 6.07) is 9.69. The average molecular weight is 352 g/mol. The fourth-order valence-corrected chi connectivity index (χ4v) is 2.50. The van der Waals surface area contributed by atoms with E-state index in [1.54, 1.807) is 28.9 Å². The molecule has 2 N–H and O–H groups in total. The molecule has 0 aliphatic carbocycles. The molecule has 4 heterocycles. The van der Waals surface area contributed by atoms with Gasteiger partial charge in [-0.15, -0.1) is 0 Å². The highest BCUT2D eigenvalue weighted by Gasteiger charge is 2.12. The van der Waals surface area contributed by atoms with Gasteiger partial charge in [0.2, 0.25) is 5.88 Å². The molecular formula is C17H13FN6O2. The predicted molar refractivity (Wildman–Crippen MR) is 93.5 cm³/mol. The van der Waals surface area contributed by atoms with E-state index in [1.807, 2.05) is 0 Å². The largest absolute Gasteiger partial charge is 0.481 e. The quantitative estimate of drug-likeness (QED) is 0.585. The van der Waals surface area contributed by atoms with E-state index in [4.69, 9.17) is 4.74 Å². The Morgan fingerprint density at radius 2 is 2.00 bits per heavy atom. The minimum absolute atomic E-state index is 0.288. The summed E-state index contributed by atoms with van der Waals surface area (Å²) in [6.07, 6.45) is 2.56. The lowest BCUT2D eigenvalue weighted by Crippen LogP contribution is -2.05. The van der Waals surface area contributed by atoms with Crippen LogP contribution in [0.4, 0.5) is 16.0 Å². The molecule has 0 radical (unpaired) electrons. The van der Waals surface area contributed by atoms with Crippen molar-refractivity contribution in [3.63, 3.8) is 0 Å². The van der Waals surface area contributed by atoms with Crippen LogP contribution in [0.5, 0.6) is 5.88 Å². The number of pyridine rings is 3. The van der Waals surface area contributed by atoms with E-state index in [-0.39, 0.29) is 5.56 Å². The van der Waals surface area contributed by atoms with Crippen LogP contribution in [0, 0.1) is 5.82 Å². The molecular weight excluding hydrogens is 339 g/mol. The zero-order chi connectivity index (χ0) is 18.1. The van der Waals surface area contributed by atoms with Gasteiger partial charge in [-0.2, -0.15) is 4.98 Å². The number of nitrogens with one attached hydrogen (secondary N) is 2. The minimum Gasteiger partial charge on any atom is -0.481 e. The average Bonchev–Trinajstić information content (AvgIpc) is 3.00. The van der Waals surface area contributed by atoms with Crippen molar-refractivity contribution < 1.29 is 9.13 Å². The van der Waals surface area contributed by atoms with E-state index < -0.39 is 5.82 Å². The zero-order valence-electron chi connectivity index (χ0n) is 13.6. The molecule has 0 spiro atoms. The molecule has 4 aromatic heterocycles. The highest BCUT2D eigenvalue weighted by molar-refractivity contribution is 5.82. The summed E-state index contributed by atoms with van der Waals surface area (Å²) >= 11 is 0. The van der Waals surface area contributed by atoms with Crippen molar-refractivity contribution in [3.8, 4) is 11.7 Å². The Morgan fingerprint density at radius 3 is 2.77 bits per heavy atom. The summed E-state index contributed by atoms with van der Waals surface area (Å²) in [6.45, 7) is 0. The Labute approximate surface area is 146 Å². The van der Waals surface area contributed by atoms with Gasteiger partial charge in [0, 0.05) is 18.3 Å². The van der Waals surface area contributed by atoms with E-state index in [2.05, 4.69) is 25.4 Å². The number of aromatic amines is 1. The number of nitrogens with zero attached hydrogens (tertiary/aromatic N) is 4. The van der Waals surface area contributed by atoms with Crippen LogP contribution in [-0.4, -0.2) is 31.8 Å². The Bertz CT molecular complexity index is 1140. The van der Waals surface area contributed by atoms with Crippen LogP contribution in [-0.2, 0) is 0 Å². The Hall–Kier alpha value is -3.75. The molecule has 0 bridgehead atoms. The lowest BCUT2D eigenvalue weighted by molar-refractivity contribution is 0.397. The van der Waals surface area contributed by atoms with Crippen LogP contribution in [0.15, 0.2) is 53.6 Å². The van der Waals surface area contributed by atoms with Gasteiger partial charge in [-0.05, 0) is 18.2 Å². The van der Waals surface area contributed by atoms with Crippen molar-refractivity contribution in [3.05, 3.63) is 65.0 Å². The predicted octanol–water partition coefficient (Wildman–Crippen LogP) is 2.40. The van der Waals surface area contributed by atoms with Gasteiger partial charge in [-0.25, -0.2) is 19.0 Å². The number of hydrogen-bond acceptors (Lipinski definition) is 6. The van der Waals surface area contributed by atoms with Gasteiger partial charge < -0.3 is 10.1 Å². The first kappa shape index (κ1) is 15.8. The lowest BCUT2D eigenvalue weighted by atomic mass is 10.3. The van der Waals surface area contributed by atoms with Gasteiger partial charge in [0.1, 0.15) is 17.5 Å². The number of rotatable bonds is 4. The van der Waals surface area contributed by atoms with Crippen molar-refractivity contribution in [1.82, 2.24) is 24.7 Å². The number of aromatic nitrogens is 5. The highest BCUT2D eigenvalue weighted by atomic mass is 19.1. The number of anilines is 2. The zero-order valence-corrected chi connectivity index (χ0v) is 13.6. The fourth-order valence-electron chi connectivity index (χ4n) is 2.50. The second-order valence-electron chi connectivity index (χ2n) is 5.39. The van der Waals surface area contributed by atoms with Crippen LogP contribution < -0.4 is 15.6 Å².